The molecule has 0 aliphatic rings. The van der Waals surface area contributed by atoms with Crippen molar-refractivity contribution in [3.63, 3.8) is 0 Å². The quantitative estimate of drug-likeness (QED) is 0.488. The first kappa shape index (κ1) is 19.1. The summed E-state index contributed by atoms with van der Waals surface area (Å²) in [6, 6.07) is 14.2. The summed E-state index contributed by atoms with van der Waals surface area (Å²) in [7, 11) is 0. The van der Waals surface area contributed by atoms with Gasteiger partial charge in [0.05, 0.1) is 0 Å². The zero-order valence-electron chi connectivity index (χ0n) is 15.0. The molecule has 0 bridgehead atoms. The van der Waals surface area contributed by atoms with Gasteiger partial charge in [-0.3, -0.25) is 9.59 Å². The minimum Gasteiger partial charge on any atom is -0.449 e. The lowest BCUT2D eigenvalue weighted by molar-refractivity contribution is -0.148. The Labute approximate surface area is 152 Å². The van der Waals surface area contributed by atoms with Crippen LogP contribution in [0.1, 0.15) is 35.3 Å². The number of carbonyl (C=O) groups excluding carboxylic acids is 3. The Hall–Kier alpha value is -3.21. The lowest BCUT2D eigenvalue weighted by atomic mass is 10.1. The van der Waals surface area contributed by atoms with E-state index in [1.807, 2.05) is 31.2 Å². The van der Waals surface area contributed by atoms with E-state index in [0.29, 0.717) is 11.3 Å². The Morgan fingerprint density at radius 1 is 1.08 bits per heavy atom. The molecular formula is C21H21NO4. The summed E-state index contributed by atoms with van der Waals surface area (Å²) in [4.78, 5) is 35.2. The van der Waals surface area contributed by atoms with E-state index in [4.69, 9.17) is 4.74 Å². The summed E-state index contributed by atoms with van der Waals surface area (Å²) in [6.07, 6.45) is 1.98. The van der Waals surface area contributed by atoms with Crippen molar-refractivity contribution in [3.8, 4) is 0 Å². The molecule has 2 aromatic carbocycles. The van der Waals surface area contributed by atoms with E-state index in [0.717, 1.165) is 11.1 Å². The van der Waals surface area contributed by atoms with Gasteiger partial charge < -0.3 is 10.1 Å². The number of esters is 1. The highest BCUT2D eigenvalue weighted by Gasteiger charge is 2.16. The first-order valence-corrected chi connectivity index (χ1v) is 8.22. The van der Waals surface area contributed by atoms with E-state index in [9.17, 15) is 14.4 Å². The third-order valence-electron chi connectivity index (χ3n) is 3.68. The molecule has 0 saturated carbocycles. The van der Waals surface area contributed by atoms with Crippen molar-refractivity contribution in [2.24, 2.45) is 0 Å². The topological polar surface area (TPSA) is 72.5 Å². The second-order valence-corrected chi connectivity index (χ2v) is 5.95. The van der Waals surface area contributed by atoms with Crippen molar-refractivity contribution in [1.82, 2.24) is 0 Å². The molecular weight excluding hydrogens is 330 g/mol. The number of Topliss-reactive ketones (excluding diaryl/α,β-unsaturated/α-hetero) is 1. The van der Waals surface area contributed by atoms with Crippen molar-refractivity contribution in [3.05, 3.63) is 71.3 Å². The molecule has 0 heterocycles. The molecule has 5 heteroatoms. The van der Waals surface area contributed by atoms with Gasteiger partial charge >= 0.3 is 5.97 Å². The largest absolute Gasteiger partial charge is 0.449 e. The molecule has 0 spiro atoms. The maximum Gasteiger partial charge on any atom is 0.331 e. The summed E-state index contributed by atoms with van der Waals surface area (Å²) >= 11 is 0. The van der Waals surface area contributed by atoms with Crippen molar-refractivity contribution in [2.45, 2.75) is 26.9 Å². The molecule has 0 saturated heterocycles. The maximum atomic E-state index is 12.1. The molecule has 1 amide bonds. The van der Waals surface area contributed by atoms with Crippen LogP contribution in [0.25, 0.3) is 6.08 Å². The summed E-state index contributed by atoms with van der Waals surface area (Å²) in [5, 5.41) is 2.64. The van der Waals surface area contributed by atoms with Crippen molar-refractivity contribution in [2.75, 3.05) is 5.32 Å². The SMILES string of the molecule is CC(=O)c1ccc(NC(=O)[C@H](C)OC(=O)/C=C/c2cccc(C)c2)cc1. The summed E-state index contributed by atoms with van der Waals surface area (Å²) in [6.45, 7) is 4.93. The third-order valence-corrected chi connectivity index (χ3v) is 3.68. The normalized spacial score (nSPS) is 11.8. The highest BCUT2D eigenvalue weighted by Crippen LogP contribution is 2.11. The summed E-state index contributed by atoms with van der Waals surface area (Å²) in [5.41, 5.74) is 3.05. The standard InChI is InChI=1S/C21H21NO4/c1-14-5-4-6-17(13-14)7-12-20(24)26-16(3)21(25)22-19-10-8-18(9-11-19)15(2)23/h4-13,16H,1-3H3,(H,22,25)/b12-7+/t16-/m0/s1. The van der Waals surface area contributed by atoms with E-state index >= 15 is 0 Å². The average molecular weight is 351 g/mol. The number of hydrogen-bond acceptors (Lipinski definition) is 4. The molecule has 1 N–H and O–H groups in total. The molecule has 0 aromatic heterocycles. The molecule has 26 heavy (non-hydrogen) atoms. The van der Waals surface area contributed by atoms with E-state index in [1.165, 1.54) is 19.9 Å². The van der Waals surface area contributed by atoms with Crippen LogP contribution in [0.5, 0.6) is 0 Å². The molecule has 2 rings (SSSR count). The Balaban J connectivity index is 1.89. The minimum atomic E-state index is -0.947. The van der Waals surface area contributed by atoms with Crippen LogP contribution in [0.2, 0.25) is 0 Å². The Kier molecular flexibility index (Phi) is 6.44. The summed E-state index contributed by atoms with van der Waals surface area (Å²) in [5.74, 6) is -1.09. The lowest BCUT2D eigenvalue weighted by Crippen LogP contribution is -2.29. The molecule has 0 radical (unpaired) electrons. The number of carbonyl (C=O) groups is 3. The Morgan fingerprint density at radius 3 is 2.38 bits per heavy atom. The fourth-order valence-corrected chi connectivity index (χ4v) is 2.24. The zero-order valence-corrected chi connectivity index (χ0v) is 15.0. The van der Waals surface area contributed by atoms with Gasteiger partial charge in [0.1, 0.15) is 0 Å². The maximum absolute atomic E-state index is 12.1. The van der Waals surface area contributed by atoms with E-state index in [1.54, 1.807) is 30.3 Å². The van der Waals surface area contributed by atoms with Crippen molar-refractivity contribution >= 4 is 29.4 Å². The molecule has 0 aliphatic carbocycles. The van der Waals surface area contributed by atoms with Crippen molar-refractivity contribution in [1.29, 1.82) is 0 Å². The predicted molar refractivity (Wildman–Crippen MR) is 101 cm³/mol. The van der Waals surface area contributed by atoms with Gasteiger partial charge in [-0.1, -0.05) is 29.8 Å². The van der Waals surface area contributed by atoms with Gasteiger partial charge in [-0.25, -0.2) is 4.79 Å². The first-order chi connectivity index (χ1) is 12.3. The van der Waals surface area contributed by atoms with E-state index in [2.05, 4.69) is 5.32 Å². The highest BCUT2D eigenvalue weighted by molar-refractivity contribution is 5.98. The van der Waals surface area contributed by atoms with Crippen LogP contribution in [-0.2, 0) is 14.3 Å². The van der Waals surface area contributed by atoms with Crippen LogP contribution in [0.3, 0.4) is 0 Å². The number of aryl methyl sites for hydroxylation is 1. The van der Waals surface area contributed by atoms with Crippen molar-refractivity contribution < 1.29 is 19.1 Å². The second-order valence-electron chi connectivity index (χ2n) is 5.95. The van der Waals surface area contributed by atoms with Crippen LogP contribution in [0, 0.1) is 6.92 Å². The number of ether oxygens (including phenoxy) is 1. The predicted octanol–water partition coefficient (Wildman–Crippen LogP) is 3.78. The van der Waals surface area contributed by atoms with Gasteiger partial charge in [0.25, 0.3) is 5.91 Å². The Morgan fingerprint density at radius 2 is 1.77 bits per heavy atom. The minimum absolute atomic E-state index is 0.0504. The van der Waals surface area contributed by atoms with E-state index < -0.39 is 18.0 Å². The number of nitrogens with one attached hydrogen (secondary N) is 1. The number of ketones is 1. The molecule has 2 aromatic rings. The zero-order chi connectivity index (χ0) is 19.1. The van der Waals surface area contributed by atoms with Crippen LogP contribution in [0.15, 0.2) is 54.6 Å². The van der Waals surface area contributed by atoms with Gasteiger partial charge in [0.15, 0.2) is 11.9 Å². The molecule has 134 valence electrons. The number of hydrogen-bond donors (Lipinski definition) is 1. The highest BCUT2D eigenvalue weighted by atomic mass is 16.5. The fraction of sp³-hybridized carbons (Fsp3) is 0.190. The van der Waals surface area contributed by atoms with Gasteiger partial charge in [-0.05, 0) is 56.7 Å². The average Bonchev–Trinajstić information content (AvgIpc) is 2.60. The summed E-state index contributed by atoms with van der Waals surface area (Å²) < 4.78 is 5.11. The number of amides is 1. The third kappa shape index (κ3) is 5.70. The molecule has 0 fully saturated rings. The van der Waals surface area contributed by atoms with Gasteiger partial charge in [0, 0.05) is 17.3 Å². The number of anilines is 1. The van der Waals surface area contributed by atoms with Crippen LogP contribution < -0.4 is 5.32 Å². The number of rotatable bonds is 6. The molecule has 0 unspecified atom stereocenters. The molecule has 0 aliphatic heterocycles. The molecule has 1 atom stereocenters. The smallest absolute Gasteiger partial charge is 0.331 e. The van der Waals surface area contributed by atoms with Crippen LogP contribution in [0.4, 0.5) is 5.69 Å². The van der Waals surface area contributed by atoms with Crippen LogP contribution >= 0.6 is 0 Å². The van der Waals surface area contributed by atoms with Gasteiger partial charge in [-0.15, -0.1) is 0 Å². The van der Waals surface area contributed by atoms with Gasteiger partial charge in [-0.2, -0.15) is 0 Å². The second kappa shape index (κ2) is 8.76. The van der Waals surface area contributed by atoms with Gasteiger partial charge in [0.2, 0.25) is 0 Å². The monoisotopic (exact) mass is 351 g/mol. The Bertz CT molecular complexity index is 837. The van der Waals surface area contributed by atoms with Crippen LogP contribution in [-0.4, -0.2) is 23.8 Å². The lowest BCUT2D eigenvalue weighted by Gasteiger charge is -2.12. The first-order valence-electron chi connectivity index (χ1n) is 8.22. The number of benzene rings is 2. The van der Waals surface area contributed by atoms with E-state index in [-0.39, 0.29) is 5.78 Å². The molecule has 5 nitrogen and oxygen atoms in total. The fourth-order valence-electron chi connectivity index (χ4n) is 2.24.